The summed E-state index contributed by atoms with van der Waals surface area (Å²) in [4.78, 5) is 25.3. The van der Waals surface area contributed by atoms with Gasteiger partial charge in [-0.2, -0.15) is 0 Å². The first-order chi connectivity index (χ1) is 13.9. The van der Waals surface area contributed by atoms with Crippen LogP contribution in [0.1, 0.15) is 58.6 Å². The minimum absolute atomic E-state index is 0.0264. The number of halogens is 2. The molecule has 3 aromatic rings. The van der Waals surface area contributed by atoms with Crippen LogP contribution < -0.4 is 5.43 Å². The second-order valence-corrected chi connectivity index (χ2v) is 8.75. The van der Waals surface area contributed by atoms with Crippen molar-refractivity contribution >= 4 is 28.2 Å². The van der Waals surface area contributed by atoms with Gasteiger partial charge in [-0.25, -0.2) is 13.6 Å². The number of aromatic nitrogens is 1. The highest BCUT2D eigenvalue weighted by molar-refractivity contribution is 7.15. The molecule has 2 aliphatic rings. The molecular weight excluding hydrogens is 400 g/mol. The number of carboxylic acids is 1. The fraction of sp³-hybridized carbons (Fsp3) is 0.333. The third-order valence-electron chi connectivity index (χ3n) is 5.69. The highest BCUT2D eigenvalue weighted by Crippen LogP contribution is 2.43. The van der Waals surface area contributed by atoms with Gasteiger partial charge in [0.15, 0.2) is 5.82 Å². The van der Waals surface area contributed by atoms with Crippen molar-refractivity contribution in [3.8, 4) is 10.4 Å². The van der Waals surface area contributed by atoms with Crippen molar-refractivity contribution in [2.24, 2.45) is 0 Å². The van der Waals surface area contributed by atoms with Gasteiger partial charge in [0.05, 0.1) is 17.0 Å². The average Bonchev–Trinajstić information content (AvgIpc) is 3.42. The van der Waals surface area contributed by atoms with Crippen LogP contribution in [0.15, 0.2) is 23.1 Å². The number of carboxylic acid groups (broad SMARTS) is 1. The Morgan fingerprint density at radius 2 is 1.97 bits per heavy atom. The van der Waals surface area contributed by atoms with Crippen molar-refractivity contribution in [1.82, 2.24) is 4.57 Å². The lowest BCUT2D eigenvalue weighted by Crippen LogP contribution is -2.20. The van der Waals surface area contributed by atoms with Gasteiger partial charge in [0.1, 0.15) is 11.4 Å². The lowest BCUT2D eigenvalue weighted by Gasteiger charge is -2.16. The van der Waals surface area contributed by atoms with Gasteiger partial charge >= 0.3 is 5.97 Å². The second-order valence-electron chi connectivity index (χ2n) is 7.67. The van der Waals surface area contributed by atoms with Crippen LogP contribution in [0.25, 0.3) is 21.3 Å². The number of aliphatic hydroxyl groups is 1. The number of hydrogen-bond donors (Lipinski definition) is 2. The fourth-order valence-electron chi connectivity index (χ4n) is 4.11. The molecule has 0 radical (unpaired) electrons. The number of aliphatic hydroxyl groups excluding tert-OH is 1. The van der Waals surface area contributed by atoms with Crippen LogP contribution >= 0.6 is 11.3 Å². The molecule has 1 aromatic carbocycles. The highest BCUT2D eigenvalue weighted by Gasteiger charge is 2.31. The summed E-state index contributed by atoms with van der Waals surface area (Å²) < 4.78 is 32.0. The van der Waals surface area contributed by atoms with E-state index >= 15 is 8.78 Å². The maximum absolute atomic E-state index is 15.6. The molecule has 0 aliphatic heterocycles. The molecule has 5 rings (SSSR count). The second kappa shape index (κ2) is 6.47. The van der Waals surface area contributed by atoms with Gasteiger partial charge in [0.2, 0.25) is 5.43 Å². The zero-order valence-electron chi connectivity index (χ0n) is 15.2. The van der Waals surface area contributed by atoms with E-state index in [1.165, 1.54) is 15.9 Å². The number of benzene rings is 1. The molecular formula is C21H17F2NO4S. The summed E-state index contributed by atoms with van der Waals surface area (Å²) in [5.41, 5.74) is -0.814. The van der Waals surface area contributed by atoms with E-state index in [4.69, 9.17) is 0 Å². The Morgan fingerprint density at radius 1 is 1.21 bits per heavy atom. The summed E-state index contributed by atoms with van der Waals surface area (Å²) >= 11 is 1.23. The summed E-state index contributed by atoms with van der Waals surface area (Å²) in [7, 11) is 0. The number of carbonyl (C=O) groups is 1. The molecule has 2 N–H and O–H groups in total. The van der Waals surface area contributed by atoms with Crippen LogP contribution in [0.5, 0.6) is 0 Å². The van der Waals surface area contributed by atoms with Crippen LogP contribution in [0.4, 0.5) is 8.78 Å². The van der Waals surface area contributed by atoms with Crippen LogP contribution in [0.3, 0.4) is 0 Å². The van der Waals surface area contributed by atoms with Gasteiger partial charge in [0, 0.05) is 27.6 Å². The lowest BCUT2D eigenvalue weighted by molar-refractivity contribution is 0.0694. The monoisotopic (exact) mass is 417 g/mol. The van der Waals surface area contributed by atoms with Gasteiger partial charge in [0.25, 0.3) is 0 Å². The Labute approximate surface area is 167 Å². The topological polar surface area (TPSA) is 79.5 Å². The van der Waals surface area contributed by atoms with E-state index in [1.54, 1.807) is 6.07 Å². The lowest BCUT2D eigenvalue weighted by atomic mass is 9.96. The Morgan fingerprint density at radius 3 is 2.62 bits per heavy atom. The van der Waals surface area contributed by atoms with E-state index < -0.39 is 40.1 Å². The zero-order chi connectivity index (χ0) is 20.4. The summed E-state index contributed by atoms with van der Waals surface area (Å²) in [6, 6.07) is 2.58. The third kappa shape index (κ3) is 2.81. The van der Waals surface area contributed by atoms with Crippen LogP contribution in [-0.2, 0) is 6.42 Å². The molecule has 1 fully saturated rings. The summed E-state index contributed by atoms with van der Waals surface area (Å²) in [5, 5.41) is 19.0. The molecule has 0 spiro atoms. The molecule has 0 bridgehead atoms. The van der Waals surface area contributed by atoms with Crippen molar-refractivity contribution in [2.75, 3.05) is 0 Å². The number of nitrogens with zero attached hydrogens (tertiary/aromatic N) is 1. The number of fused-ring (bicyclic) bond motifs is 2. The summed E-state index contributed by atoms with van der Waals surface area (Å²) in [6.45, 7) is 0. The maximum atomic E-state index is 15.6. The highest BCUT2D eigenvalue weighted by atomic mass is 32.1. The minimum Gasteiger partial charge on any atom is -0.477 e. The van der Waals surface area contributed by atoms with Gasteiger partial charge in [-0.3, -0.25) is 4.79 Å². The minimum atomic E-state index is -1.46. The van der Waals surface area contributed by atoms with Gasteiger partial charge < -0.3 is 14.8 Å². The van der Waals surface area contributed by atoms with Crippen LogP contribution in [0, 0.1) is 11.6 Å². The van der Waals surface area contributed by atoms with E-state index in [2.05, 4.69) is 0 Å². The SMILES string of the molecule is O=C(O)c1cn(C2CC2)c2c(F)c(-c3cc4c(s3)C(O)CCC4)cc(F)c2c1=O. The molecule has 5 nitrogen and oxygen atoms in total. The molecule has 29 heavy (non-hydrogen) atoms. The normalized spacial score (nSPS) is 18.8. The molecule has 0 amide bonds. The van der Waals surface area contributed by atoms with Crippen molar-refractivity contribution in [3.05, 3.63) is 56.2 Å². The van der Waals surface area contributed by atoms with Gasteiger partial charge in [-0.05, 0) is 49.8 Å². The quantitative estimate of drug-likeness (QED) is 0.662. The fourth-order valence-corrected chi connectivity index (χ4v) is 5.35. The molecule has 1 unspecified atom stereocenters. The molecule has 2 aliphatic carbocycles. The number of pyridine rings is 1. The number of thiophene rings is 1. The Hall–Kier alpha value is -2.58. The Bertz CT molecular complexity index is 1240. The largest absolute Gasteiger partial charge is 0.477 e. The molecule has 2 aromatic heterocycles. The molecule has 8 heteroatoms. The van der Waals surface area contributed by atoms with E-state index in [0.717, 1.165) is 35.5 Å². The molecule has 2 heterocycles. The van der Waals surface area contributed by atoms with E-state index in [0.29, 0.717) is 24.1 Å². The number of rotatable bonds is 3. The average molecular weight is 417 g/mol. The number of aryl methyl sites for hydroxylation is 1. The predicted molar refractivity (Wildman–Crippen MR) is 105 cm³/mol. The van der Waals surface area contributed by atoms with E-state index in [1.807, 2.05) is 0 Å². The molecule has 150 valence electrons. The first-order valence-electron chi connectivity index (χ1n) is 9.48. The summed E-state index contributed by atoms with van der Waals surface area (Å²) in [6.07, 6.45) is 4.19. The van der Waals surface area contributed by atoms with Crippen molar-refractivity contribution < 1.29 is 23.8 Å². The Kier molecular flexibility index (Phi) is 4.11. The molecule has 1 atom stereocenters. The zero-order valence-corrected chi connectivity index (χ0v) is 16.1. The number of aromatic carboxylic acids is 1. The maximum Gasteiger partial charge on any atom is 0.341 e. The predicted octanol–water partition coefficient (Wildman–Crippen LogP) is 4.41. The van der Waals surface area contributed by atoms with Crippen molar-refractivity contribution in [1.29, 1.82) is 0 Å². The summed E-state index contributed by atoms with van der Waals surface area (Å²) in [5.74, 6) is -3.14. The standard InChI is InChI=1S/C21H17F2NO4S/c22-13-7-11(15-6-9-2-1-3-14(25)20(9)29-15)17(23)18-16(13)19(26)12(21(27)28)8-24(18)10-4-5-10/h6-8,10,14,25H,1-5H2,(H,27,28). The van der Waals surface area contributed by atoms with Crippen LogP contribution in [-0.4, -0.2) is 20.7 Å². The van der Waals surface area contributed by atoms with Crippen molar-refractivity contribution in [2.45, 2.75) is 44.2 Å². The first-order valence-corrected chi connectivity index (χ1v) is 10.3. The smallest absolute Gasteiger partial charge is 0.341 e. The first kappa shape index (κ1) is 18.4. The molecule has 0 saturated heterocycles. The Balaban J connectivity index is 1.81. The molecule has 1 saturated carbocycles. The van der Waals surface area contributed by atoms with Gasteiger partial charge in [-0.15, -0.1) is 11.3 Å². The van der Waals surface area contributed by atoms with Gasteiger partial charge in [-0.1, -0.05) is 0 Å². The number of hydrogen-bond acceptors (Lipinski definition) is 4. The van der Waals surface area contributed by atoms with Crippen LogP contribution in [0.2, 0.25) is 0 Å². The van der Waals surface area contributed by atoms with Crippen molar-refractivity contribution in [3.63, 3.8) is 0 Å². The van der Waals surface area contributed by atoms with E-state index in [-0.39, 0.29) is 17.1 Å². The van der Waals surface area contributed by atoms with E-state index in [9.17, 15) is 19.8 Å². The third-order valence-corrected chi connectivity index (χ3v) is 7.01.